The largest absolute Gasteiger partial charge is 0.491 e. The van der Waals surface area contributed by atoms with Crippen LogP contribution in [0.1, 0.15) is 30.4 Å². The quantitative estimate of drug-likeness (QED) is 0.733. The van der Waals surface area contributed by atoms with Gasteiger partial charge in [0, 0.05) is 12.8 Å². The second-order valence-electron chi connectivity index (χ2n) is 7.06. The summed E-state index contributed by atoms with van der Waals surface area (Å²) in [7, 11) is 0. The van der Waals surface area contributed by atoms with Crippen LogP contribution < -0.4 is 20.8 Å². The molecular formula is C22H24N4O4. The van der Waals surface area contributed by atoms with Crippen molar-refractivity contribution in [3.8, 4) is 5.75 Å². The maximum absolute atomic E-state index is 12.8. The Kier molecular flexibility index (Phi) is 6.46. The molecule has 0 unspecified atom stereocenters. The smallest absolute Gasteiger partial charge is 0.271 e. The fraction of sp³-hybridized carbons (Fsp3) is 0.273. The fourth-order valence-electron chi connectivity index (χ4n) is 3.00. The molecule has 0 aliphatic carbocycles. The summed E-state index contributed by atoms with van der Waals surface area (Å²) >= 11 is 0. The second kappa shape index (κ2) is 9.21. The van der Waals surface area contributed by atoms with Crippen LogP contribution in [0.15, 0.2) is 47.6 Å². The number of aryl methyl sites for hydroxylation is 2. The molecule has 8 heteroatoms. The number of primary amides is 1. The number of nitrogens with zero attached hydrogens (tertiary/aromatic N) is 2. The molecule has 1 aliphatic rings. The van der Waals surface area contributed by atoms with Crippen LogP contribution in [0.5, 0.6) is 5.75 Å². The Hall–Kier alpha value is -3.68. The average Bonchev–Trinajstić information content (AvgIpc) is 2.71. The SMILES string of the molecule is Cc1ccc(C)c(N2N=C(C(=O)Nc3ccccc3OCCC(N)=O)CCC2=O)c1. The van der Waals surface area contributed by atoms with Gasteiger partial charge in [-0.15, -0.1) is 0 Å². The van der Waals surface area contributed by atoms with Crippen molar-refractivity contribution in [2.24, 2.45) is 10.8 Å². The molecule has 0 spiro atoms. The first kappa shape index (κ1) is 21.0. The van der Waals surface area contributed by atoms with Crippen molar-refractivity contribution in [2.75, 3.05) is 16.9 Å². The fourth-order valence-corrected chi connectivity index (χ4v) is 3.00. The molecule has 0 fully saturated rings. The molecule has 0 atom stereocenters. The molecule has 1 heterocycles. The number of ether oxygens (including phenoxy) is 1. The summed E-state index contributed by atoms with van der Waals surface area (Å²) < 4.78 is 5.55. The molecule has 30 heavy (non-hydrogen) atoms. The van der Waals surface area contributed by atoms with Gasteiger partial charge in [0.25, 0.3) is 5.91 Å². The Morgan fingerprint density at radius 1 is 1.17 bits per heavy atom. The van der Waals surface area contributed by atoms with E-state index in [4.69, 9.17) is 10.5 Å². The molecule has 0 aromatic heterocycles. The Morgan fingerprint density at radius 3 is 2.70 bits per heavy atom. The highest BCUT2D eigenvalue weighted by Crippen LogP contribution is 2.27. The maximum atomic E-state index is 12.8. The van der Waals surface area contributed by atoms with Crippen LogP contribution in [0.4, 0.5) is 11.4 Å². The van der Waals surface area contributed by atoms with Crippen LogP contribution in [0.2, 0.25) is 0 Å². The van der Waals surface area contributed by atoms with E-state index in [2.05, 4.69) is 10.4 Å². The number of rotatable bonds is 7. The van der Waals surface area contributed by atoms with Gasteiger partial charge in [0.05, 0.1) is 24.4 Å². The molecule has 3 N–H and O–H groups in total. The summed E-state index contributed by atoms with van der Waals surface area (Å²) in [6.45, 7) is 3.94. The van der Waals surface area contributed by atoms with E-state index in [1.165, 1.54) is 5.01 Å². The van der Waals surface area contributed by atoms with Gasteiger partial charge in [-0.3, -0.25) is 14.4 Å². The van der Waals surface area contributed by atoms with E-state index in [1.54, 1.807) is 24.3 Å². The number of benzene rings is 2. The topological polar surface area (TPSA) is 114 Å². The van der Waals surface area contributed by atoms with Gasteiger partial charge in [-0.1, -0.05) is 24.3 Å². The average molecular weight is 408 g/mol. The number of hydrogen-bond acceptors (Lipinski definition) is 5. The first-order chi connectivity index (χ1) is 14.3. The molecule has 0 bridgehead atoms. The number of para-hydroxylation sites is 2. The van der Waals surface area contributed by atoms with Crippen LogP contribution in [0.3, 0.4) is 0 Å². The van der Waals surface area contributed by atoms with Crippen molar-refractivity contribution in [3.63, 3.8) is 0 Å². The number of carbonyl (C=O) groups excluding carboxylic acids is 3. The van der Waals surface area contributed by atoms with Crippen LogP contribution in [-0.2, 0) is 14.4 Å². The van der Waals surface area contributed by atoms with Crippen molar-refractivity contribution in [2.45, 2.75) is 33.1 Å². The summed E-state index contributed by atoms with van der Waals surface area (Å²) in [6, 6.07) is 12.6. The zero-order valence-electron chi connectivity index (χ0n) is 17.0. The molecule has 0 saturated carbocycles. The van der Waals surface area contributed by atoms with Crippen molar-refractivity contribution in [1.29, 1.82) is 0 Å². The minimum atomic E-state index is -0.468. The minimum absolute atomic E-state index is 0.0713. The third-order valence-corrected chi connectivity index (χ3v) is 4.63. The monoisotopic (exact) mass is 408 g/mol. The van der Waals surface area contributed by atoms with Crippen molar-refractivity contribution < 1.29 is 19.1 Å². The minimum Gasteiger partial charge on any atom is -0.491 e. The van der Waals surface area contributed by atoms with Crippen LogP contribution >= 0.6 is 0 Å². The number of carbonyl (C=O) groups is 3. The molecular weight excluding hydrogens is 384 g/mol. The van der Waals surface area contributed by atoms with Gasteiger partial charge in [-0.05, 0) is 43.2 Å². The highest BCUT2D eigenvalue weighted by Gasteiger charge is 2.27. The van der Waals surface area contributed by atoms with E-state index < -0.39 is 11.8 Å². The first-order valence-corrected chi connectivity index (χ1v) is 9.64. The highest BCUT2D eigenvalue weighted by atomic mass is 16.5. The van der Waals surface area contributed by atoms with Gasteiger partial charge in [0.1, 0.15) is 11.5 Å². The predicted molar refractivity (Wildman–Crippen MR) is 114 cm³/mol. The molecule has 8 nitrogen and oxygen atoms in total. The van der Waals surface area contributed by atoms with Gasteiger partial charge in [-0.25, -0.2) is 5.01 Å². The highest BCUT2D eigenvalue weighted by molar-refractivity contribution is 6.44. The van der Waals surface area contributed by atoms with E-state index in [-0.39, 0.29) is 37.5 Å². The lowest BCUT2D eigenvalue weighted by Crippen LogP contribution is -2.36. The Bertz CT molecular complexity index is 1020. The molecule has 1 aliphatic heterocycles. The van der Waals surface area contributed by atoms with Crippen molar-refractivity contribution in [3.05, 3.63) is 53.6 Å². The van der Waals surface area contributed by atoms with Crippen LogP contribution in [0, 0.1) is 13.8 Å². The van der Waals surface area contributed by atoms with E-state index in [1.807, 2.05) is 32.0 Å². The summed E-state index contributed by atoms with van der Waals surface area (Å²) in [5, 5.41) is 8.42. The molecule has 0 saturated heterocycles. The summed E-state index contributed by atoms with van der Waals surface area (Å²) in [5.74, 6) is -0.616. The Labute approximate surface area is 174 Å². The van der Waals surface area contributed by atoms with Crippen molar-refractivity contribution in [1.82, 2.24) is 0 Å². The first-order valence-electron chi connectivity index (χ1n) is 9.64. The molecule has 2 aromatic rings. The second-order valence-corrected chi connectivity index (χ2v) is 7.06. The predicted octanol–water partition coefficient (Wildman–Crippen LogP) is 2.68. The lowest BCUT2D eigenvalue weighted by Gasteiger charge is -2.25. The normalized spacial score (nSPS) is 13.6. The molecule has 0 radical (unpaired) electrons. The van der Waals surface area contributed by atoms with Gasteiger partial charge >= 0.3 is 0 Å². The summed E-state index contributed by atoms with van der Waals surface area (Å²) in [6.07, 6.45) is 0.509. The Morgan fingerprint density at radius 2 is 1.93 bits per heavy atom. The van der Waals surface area contributed by atoms with Gasteiger partial charge < -0.3 is 15.8 Å². The summed E-state index contributed by atoms with van der Waals surface area (Å²) in [4.78, 5) is 36.2. The molecule has 2 aromatic carbocycles. The molecule has 156 valence electrons. The third-order valence-electron chi connectivity index (χ3n) is 4.63. The van der Waals surface area contributed by atoms with Crippen molar-refractivity contribution >= 4 is 34.8 Å². The Balaban J connectivity index is 1.79. The molecule has 3 amide bonds. The van der Waals surface area contributed by atoms with Gasteiger partial charge in [0.2, 0.25) is 11.8 Å². The number of hydrogen-bond donors (Lipinski definition) is 2. The number of nitrogens with two attached hydrogens (primary N) is 1. The zero-order chi connectivity index (χ0) is 21.7. The van der Waals surface area contributed by atoms with Crippen LogP contribution in [-0.4, -0.2) is 30.0 Å². The lowest BCUT2D eigenvalue weighted by molar-refractivity contribution is -0.119. The lowest BCUT2D eigenvalue weighted by atomic mass is 10.1. The summed E-state index contributed by atoms with van der Waals surface area (Å²) in [5.41, 5.74) is 8.39. The van der Waals surface area contributed by atoms with Gasteiger partial charge in [-0.2, -0.15) is 5.10 Å². The van der Waals surface area contributed by atoms with E-state index in [0.717, 1.165) is 11.1 Å². The number of nitrogens with one attached hydrogen (secondary N) is 1. The maximum Gasteiger partial charge on any atom is 0.271 e. The zero-order valence-corrected chi connectivity index (χ0v) is 17.0. The standard InChI is InChI=1S/C22H24N4O4/c1-14-7-8-15(2)18(13-14)26-21(28)10-9-17(25-26)22(29)24-16-5-3-4-6-19(16)30-12-11-20(23)27/h3-8,13H,9-12H2,1-2H3,(H2,23,27)(H,24,29). The molecule has 3 rings (SSSR count). The number of anilines is 2. The van der Waals surface area contributed by atoms with E-state index in [9.17, 15) is 14.4 Å². The van der Waals surface area contributed by atoms with Crippen LogP contribution in [0.25, 0.3) is 0 Å². The van der Waals surface area contributed by atoms with E-state index in [0.29, 0.717) is 17.1 Å². The number of hydrazone groups is 1. The van der Waals surface area contributed by atoms with E-state index >= 15 is 0 Å². The van der Waals surface area contributed by atoms with Gasteiger partial charge in [0.15, 0.2) is 0 Å². The number of amides is 3. The third kappa shape index (κ3) is 5.02.